The highest BCUT2D eigenvalue weighted by Gasteiger charge is 2.29. The summed E-state index contributed by atoms with van der Waals surface area (Å²) in [5, 5.41) is 13.9. The molecule has 1 amide bonds. The minimum absolute atomic E-state index is 0.0874. The first-order valence-corrected chi connectivity index (χ1v) is 12.6. The fraction of sp³-hybridized carbons (Fsp3) is 0.381. The van der Waals surface area contributed by atoms with Crippen molar-refractivity contribution in [2.75, 3.05) is 16.8 Å². The number of hydrogen-bond acceptors (Lipinski definition) is 6. The summed E-state index contributed by atoms with van der Waals surface area (Å²) in [7, 11) is -1.05. The van der Waals surface area contributed by atoms with Gasteiger partial charge < -0.3 is 9.88 Å². The van der Waals surface area contributed by atoms with Gasteiger partial charge in [-0.05, 0) is 42.2 Å². The summed E-state index contributed by atoms with van der Waals surface area (Å²) in [4.78, 5) is 12.7. The number of thioether (sulfide) groups is 1. The highest BCUT2D eigenvalue weighted by Crippen LogP contribution is 2.26. The van der Waals surface area contributed by atoms with Crippen LogP contribution in [-0.2, 0) is 28.1 Å². The molecule has 30 heavy (non-hydrogen) atoms. The number of anilines is 1. The molecule has 1 fully saturated rings. The summed E-state index contributed by atoms with van der Waals surface area (Å²) in [5.41, 5.74) is 0.757. The highest BCUT2D eigenvalue weighted by molar-refractivity contribution is 8.00. The number of carbonyl (C=O) groups is 1. The van der Waals surface area contributed by atoms with Gasteiger partial charge in [-0.25, -0.2) is 8.42 Å². The average Bonchev–Trinajstić information content (AvgIpc) is 3.23. The van der Waals surface area contributed by atoms with Crippen molar-refractivity contribution < 1.29 is 13.2 Å². The first-order chi connectivity index (χ1) is 14.3. The number of hydrogen-bond donors (Lipinski definition) is 1. The molecule has 4 rings (SSSR count). The lowest BCUT2D eigenvalue weighted by Gasteiger charge is -2.12. The van der Waals surface area contributed by atoms with E-state index in [2.05, 4.69) is 15.5 Å². The molecule has 2 aromatic carbocycles. The molecule has 0 spiro atoms. The monoisotopic (exact) mass is 444 g/mol. The van der Waals surface area contributed by atoms with Crippen molar-refractivity contribution in [3.8, 4) is 0 Å². The van der Waals surface area contributed by atoms with Crippen molar-refractivity contribution in [1.29, 1.82) is 0 Å². The normalized spacial score (nSPS) is 19.1. The van der Waals surface area contributed by atoms with E-state index in [4.69, 9.17) is 0 Å². The second kappa shape index (κ2) is 8.39. The molecule has 0 saturated carbocycles. The maximum atomic E-state index is 12.7. The number of amides is 1. The van der Waals surface area contributed by atoms with E-state index < -0.39 is 9.84 Å². The zero-order valence-electron chi connectivity index (χ0n) is 16.9. The Balaban J connectivity index is 1.38. The maximum absolute atomic E-state index is 12.7. The van der Waals surface area contributed by atoms with Crippen LogP contribution in [0, 0.1) is 5.92 Å². The lowest BCUT2D eigenvalue weighted by molar-refractivity contribution is -0.115. The van der Waals surface area contributed by atoms with Crippen LogP contribution in [0.1, 0.15) is 19.2 Å². The van der Waals surface area contributed by atoms with Crippen LogP contribution >= 0.6 is 11.8 Å². The maximum Gasteiger partial charge on any atom is 0.237 e. The van der Waals surface area contributed by atoms with Gasteiger partial charge in [-0.2, -0.15) is 0 Å². The Bertz CT molecular complexity index is 1190. The smallest absolute Gasteiger partial charge is 0.237 e. The van der Waals surface area contributed by atoms with Gasteiger partial charge in [0.25, 0.3) is 0 Å². The van der Waals surface area contributed by atoms with Crippen LogP contribution in [0.4, 0.5) is 5.69 Å². The van der Waals surface area contributed by atoms with Crippen molar-refractivity contribution in [2.24, 2.45) is 13.0 Å². The van der Waals surface area contributed by atoms with E-state index in [-0.39, 0.29) is 28.6 Å². The molecule has 3 aromatic rings. The molecule has 158 valence electrons. The number of aromatic nitrogens is 3. The van der Waals surface area contributed by atoms with Crippen molar-refractivity contribution in [3.05, 3.63) is 48.3 Å². The summed E-state index contributed by atoms with van der Waals surface area (Å²) < 4.78 is 25.2. The molecule has 9 heteroatoms. The minimum Gasteiger partial charge on any atom is -0.325 e. The predicted molar refractivity (Wildman–Crippen MR) is 119 cm³/mol. The average molecular weight is 445 g/mol. The number of rotatable bonds is 6. The Kier molecular flexibility index (Phi) is 5.84. The topological polar surface area (TPSA) is 93.9 Å². The van der Waals surface area contributed by atoms with E-state index >= 15 is 0 Å². The van der Waals surface area contributed by atoms with Crippen LogP contribution in [0.25, 0.3) is 10.8 Å². The minimum atomic E-state index is -2.91. The zero-order valence-corrected chi connectivity index (χ0v) is 18.5. The molecule has 2 atom stereocenters. The lowest BCUT2D eigenvalue weighted by Crippen LogP contribution is -2.22. The number of nitrogens with one attached hydrogen (secondary N) is 1. The van der Waals surface area contributed by atoms with Crippen LogP contribution in [0.2, 0.25) is 0 Å². The molecule has 0 aliphatic carbocycles. The van der Waals surface area contributed by atoms with Crippen molar-refractivity contribution >= 4 is 44.0 Å². The van der Waals surface area contributed by atoms with Gasteiger partial charge in [0.05, 0.1) is 16.8 Å². The van der Waals surface area contributed by atoms with E-state index in [0.717, 1.165) is 22.3 Å². The van der Waals surface area contributed by atoms with E-state index in [1.807, 2.05) is 61.0 Å². The Morgan fingerprint density at radius 2 is 2.00 bits per heavy atom. The molecule has 2 heterocycles. The van der Waals surface area contributed by atoms with Gasteiger partial charge in [-0.1, -0.05) is 42.1 Å². The third-order valence-corrected chi connectivity index (χ3v) is 8.36. The van der Waals surface area contributed by atoms with Gasteiger partial charge in [0, 0.05) is 19.2 Å². The molecular formula is C21H24N4O3S2. The molecule has 1 aliphatic heterocycles. The Morgan fingerprint density at radius 1 is 1.23 bits per heavy atom. The van der Waals surface area contributed by atoms with Crippen molar-refractivity contribution in [2.45, 2.75) is 30.2 Å². The highest BCUT2D eigenvalue weighted by atomic mass is 32.2. The largest absolute Gasteiger partial charge is 0.325 e. The number of carbonyl (C=O) groups excluding carboxylic acids is 1. The van der Waals surface area contributed by atoms with Gasteiger partial charge in [-0.15, -0.1) is 10.2 Å². The first kappa shape index (κ1) is 20.9. The Morgan fingerprint density at radius 3 is 2.73 bits per heavy atom. The third kappa shape index (κ3) is 4.67. The number of fused-ring (bicyclic) bond motifs is 1. The molecule has 7 nitrogen and oxygen atoms in total. The SMILES string of the molecule is CC(Sc1nnc(CC2CCS(=O)(=O)C2)n1C)C(=O)Nc1ccc2ccccc2c1. The standard InChI is InChI=1S/C21H24N4O3S2/c1-14(20(26)22-18-8-7-16-5-3-4-6-17(16)12-18)29-21-24-23-19(25(21)2)11-15-9-10-30(27,28)13-15/h3-8,12,14-15H,9-11,13H2,1-2H3,(H,22,26). The number of benzene rings is 2. The Labute approximate surface area is 180 Å². The van der Waals surface area contributed by atoms with Crippen LogP contribution in [0.5, 0.6) is 0 Å². The van der Waals surface area contributed by atoms with E-state index in [9.17, 15) is 13.2 Å². The summed E-state index contributed by atoms with van der Waals surface area (Å²) in [6.45, 7) is 1.83. The number of nitrogens with zero attached hydrogens (tertiary/aromatic N) is 3. The summed E-state index contributed by atoms with van der Waals surface area (Å²) in [6, 6.07) is 13.8. The summed E-state index contributed by atoms with van der Waals surface area (Å²) >= 11 is 1.34. The van der Waals surface area contributed by atoms with Gasteiger partial charge >= 0.3 is 0 Å². The van der Waals surface area contributed by atoms with Gasteiger partial charge in [0.2, 0.25) is 5.91 Å². The molecule has 1 saturated heterocycles. The molecule has 0 bridgehead atoms. The van der Waals surface area contributed by atoms with Crippen LogP contribution < -0.4 is 5.32 Å². The van der Waals surface area contributed by atoms with Crippen molar-refractivity contribution in [1.82, 2.24) is 14.8 Å². The first-order valence-electron chi connectivity index (χ1n) is 9.86. The lowest BCUT2D eigenvalue weighted by atomic mass is 10.1. The quantitative estimate of drug-likeness (QED) is 0.587. The molecule has 1 aromatic heterocycles. The van der Waals surface area contributed by atoms with E-state index in [1.165, 1.54) is 11.8 Å². The number of sulfone groups is 1. The van der Waals surface area contributed by atoms with E-state index in [0.29, 0.717) is 18.0 Å². The molecule has 1 N–H and O–H groups in total. The van der Waals surface area contributed by atoms with Crippen molar-refractivity contribution in [3.63, 3.8) is 0 Å². The summed E-state index contributed by atoms with van der Waals surface area (Å²) in [5.74, 6) is 1.20. The van der Waals surface area contributed by atoms with Crippen LogP contribution in [-0.4, -0.2) is 45.8 Å². The van der Waals surface area contributed by atoms with E-state index in [1.54, 1.807) is 0 Å². The summed E-state index contributed by atoms with van der Waals surface area (Å²) in [6.07, 6.45) is 1.25. The second-order valence-electron chi connectivity index (χ2n) is 7.74. The third-order valence-electron chi connectivity index (χ3n) is 5.39. The fourth-order valence-electron chi connectivity index (χ4n) is 3.64. The molecule has 1 aliphatic rings. The van der Waals surface area contributed by atoms with Gasteiger partial charge in [0.1, 0.15) is 5.82 Å². The molecule has 0 radical (unpaired) electrons. The fourth-order valence-corrected chi connectivity index (χ4v) is 6.33. The zero-order chi connectivity index (χ0) is 21.3. The van der Waals surface area contributed by atoms with Gasteiger partial charge in [-0.3, -0.25) is 4.79 Å². The Hall–Kier alpha value is -2.39. The second-order valence-corrected chi connectivity index (χ2v) is 11.3. The van der Waals surface area contributed by atoms with Crippen LogP contribution in [0.3, 0.4) is 0 Å². The predicted octanol–water partition coefficient (Wildman–Crippen LogP) is 3.06. The van der Waals surface area contributed by atoms with Crippen LogP contribution in [0.15, 0.2) is 47.6 Å². The molecule has 2 unspecified atom stereocenters. The van der Waals surface area contributed by atoms with Gasteiger partial charge in [0.15, 0.2) is 15.0 Å². The molecular weight excluding hydrogens is 420 g/mol.